The maximum absolute atomic E-state index is 12.6. The van der Waals surface area contributed by atoms with Crippen LogP contribution in [0.4, 0.5) is 0 Å². The van der Waals surface area contributed by atoms with Gasteiger partial charge in [-0.1, -0.05) is 18.6 Å². The van der Waals surface area contributed by atoms with Gasteiger partial charge >= 0.3 is 0 Å². The van der Waals surface area contributed by atoms with Gasteiger partial charge in [0.1, 0.15) is 0 Å². The van der Waals surface area contributed by atoms with E-state index in [1.807, 2.05) is 4.90 Å². The Bertz CT molecular complexity index is 638. The number of likely N-dealkylation sites (N-methyl/N-ethyl adjacent to an activating group) is 1. The maximum atomic E-state index is 12.6. The molecule has 1 aliphatic heterocycles. The fraction of sp³-hybridized carbons (Fsp3) is 0.588. The molecule has 1 aromatic carbocycles. The standard InChI is InChI=1S/C17H26N2O3S/c1-18(2)15-6-4-5-11-19(13-15)17(20)12-14-7-9-16(10-8-14)23(3,21)22/h7-10,15H,4-6,11-13H2,1-3H3. The molecule has 0 saturated carbocycles. The Morgan fingerprint density at radius 2 is 1.87 bits per heavy atom. The normalized spacial score (nSPS) is 19.7. The summed E-state index contributed by atoms with van der Waals surface area (Å²) in [6, 6.07) is 7.02. The van der Waals surface area contributed by atoms with Crippen molar-refractivity contribution in [3.05, 3.63) is 29.8 Å². The van der Waals surface area contributed by atoms with Crippen molar-refractivity contribution >= 4 is 15.7 Å². The van der Waals surface area contributed by atoms with Crippen molar-refractivity contribution in [3.8, 4) is 0 Å². The molecule has 1 aromatic rings. The molecule has 2 rings (SSSR count). The molecule has 23 heavy (non-hydrogen) atoms. The summed E-state index contributed by atoms with van der Waals surface area (Å²) in [6.45, 7) is 1.58. The minimum atomic E-state index is -3.19. The van der Waals surface area contributed by atoms with Gasteiger partial charge in [-0.25, -0.2) is 8.42 Å². The van der Waals surface area contributed by atoms with Gasteiger partial charge in [-0.3, -0.25) is 4.79 Å². The lowest BCUT2D eigenvalue weighted by Gasteiger charge is -2.28. The molecule has 1 aliphatic rings. The molecule has 0 bridgehead atoms. The first-order chi connectivity index (χ1) is 10.8. The van der Waals surface area contributed by atoms with Gasteiger partial charge in [-0.2, -0.15) is 0 Å². The molecule has 0 aliphatic carbocycles. The van der Waals surface area contributed by atoms with Gasteiger partial charge in [0.15, 0.2) is 9.84 Å². The molecule has 128 valence electrons. The highest BCUT2D eigenvalue weighted by atomic mass is 32.2. The van der Waals surface area contributed by atoms with Gasteiger partial charge in [0, 0.05) is 25.4 Å². The number of likely N-dealkylation sites (tertiary alicyclic amines) is 1. The predicted molar refractivity (Wildman–Crippen MR) is 91.2 cm³/mol. The summed E-state index contributed by atoms with van der Waals surface area (Å²) < 4.78 is 22.9. The summed E-state index contributed by atoms with van der Waals surface area (Å²) in [5.74, 6) is 0.117. The Balaban J connectivity index is 2.03. The number of amides is 1. The summed E-state index contributed by atoms with van der Waals surface area (Å²) >= 11 is 0. The quantitative estimate of drug-likeness (QED) is 0.836. The zero-order valence-electron chi connectivity index (χ0n) is 14.2. The Morgan fingerprint density at radius 3 is 2.43 bits per heavy atom. The number of sulfone groups is 1. The summed E-state index contributed by atoms with van der Waals surface area (Å²) in [5, 5.41) is 0. The molecule has 0 N–H and O–H groups in total. The monoisotopic (exact) mass is 338 g/mol. The van der Waals surface area contributed by atoms with Gasteiger partial charge in [-0.05, 0) is 44.6 Å². The van der Waals surface area contributed by atoms with E-state index in [4.69, 9.17) is 0 Å². The molecular formula is C17H26N2O3S. The first-order valence-corrected chi connectivity index (χ1v) is 9.89. The lowest BCUT2D eigenvalue weighted by molar-refractivity contribution is -0.131. The van der Waals surface area contributed by atoms with E-state index in [1.54, 1.807) is 24.3 Å². The average Bonchev–Trinajstić information content (AvgIpc) is 2.73. The third-order valence-electron chi connectivity index (χ3n) is 4.44. The minimum absolute atomic E-state index is 0.117. The molecule has 0 aromatic heterocycles. The Morgan fingerprint density at radius 1 is 1.22 bits per heavy atom. The van der Waals surface area contributed by atoms with Crippen molar-refractivity contribution in [2.75, 3.05) is 33.4 Å². The van der Waals surface area contributed by atoms with E-state index < -0.39 is 9.84 Å². The number of rotatable bonds is 4. The zero-order chi connectivity index (χ0) is 17.0. The second-order valence-electron chi connectivity index (χ2n) is 6.55. The van der Waals surface area contributed by atoms with Crippen LogP contribution in [0, 0.1) is 0 Å². The molecule has 1 fully saturated rings. The molecule has 5 nitrogen and oxygen atoms in total. The summed E-state index contributed by atoms with van der Waals surface area (Å²) in [4.78, 5) is 17.0. The molecule has 1 heterocycles. The maximum Gasteiger partial charge on any atom is 0.227 e. The Kier molecular flexibility index (Phi) is 5.81. The lowest BCUT2D eigenvalue weighted by Crippen LogP contribution is -2.42. The van der Waals surface area contributed by atoms with Crippen molar-refractivity contribution in [1.29, 1.82) is 0 Å². The van der Waals surface area contributed by atoms with E-state index in [0.29, 0.717) is 12.5 Å². The van der Waals surface area contributed by atoms with E-state index in [9.17, 15) is 13.2 Å². The topological polar surface area (TPSA) is 57.7 Å². The molecule has 1 amide bonds. The van der Waals surface area contributed by atoms with Crippen LogP contribution in [0.1, 0.15) is 24.8 Å². The van der Waals surface area contributed by atoms with Crippen LogP contribution in [0.25, 0.3) is 0 Å². The fourth-order valence-corrected chi connectivity index (χ4v) is 3.54. The minimum Gasteiger partial charge on any atom is -0.341 e. The summed E-state index contributed by atoms with van der Waals surface area (Å²) in [7, 11) is 0.925. The lowest BCUT2D eigenvalue weighted by atomic mass is 10.1. The van der Waals surface area contributed by atoms with Gasteiger partial charge in [0.25, 0.3) is 0 Å². The van der Waals surface area contributed by atoms with Crippen molar-refractivity contribution in [1.82, 2.24) is 9.80 Å². The van der Waals surface area contributed by atoms with Crippen LogP contribution in [-0.4, -0.2) is 63.6 Å². The molecular weight excluding hydrogens is 312 g/mol. The fourth-order valence-electron chi connectivity index (χ4n) is 2.91. The number of benzene rings is 1. The molecule has 6 heteroatoms. The van der Waals surface area contributed by atoms with Crippen LogP contribution < -0.4 is 0 Å². The number of carbonyl (C=O) groups is 1. The van der Waals surface area contributed by atoms with Gasteiger partial charge in [0.2, 0.25) is 5.91 Å². The smallest absolute Gasteiger partial charge is 0.227 e. The predicted octanol–water partition coefficient (Wildman–Crippen LogP) is 1.58. The van der Waals surface area contributed by atoms with E-state index in [2.05, 4.69) is 19.0 Å². The molecule has 1 unspecified atom stereocenters. The number of carbonyl (C=O) groups excluding carboxylic acids is 1. The van der Waals surface area contributed by atoms with E-state index >= 15 is 0 Å². The van der Waals surface area contributed by atoms with Gasteiger partial charge in [-0.15, -0.1) is 0 Å². The van der Waals surface area contributed by atoms with Crippen LogP contribution in [0.15, 0.2) is 29.2 Å². The highest BCUT2D eigenvalue weighted by Crippen LogP contribution is 2.16. The highest BCUT2D eigenvalue weighted by Gasteiger charge is 2.23. The second-order valence-corrected chi connectivity index (χ2v) is 8.56. The molecule has 1 atom stereocenters. The summed E-state index contributed by atoms with van der Waals surface area (Å²) in [6.07, 6.45) is 4.83. The van der Waals surface area contributed by atoms with Crippen molar-refractivity contribution in [2.45, 2.75) is 36.6 Å². The Labute approximate surface area is 139 Å². The van der Waals surface area contributed by atoms with Crippen LogP contribution in [0.3, 0.4) is 0 Å². The number of hydrogen-bond donors (Lipinski definition) is 0. The van der Waals surface area contributed by atoms with Gasteiger partial charge < -0.3 is 9.80 Å². The molecule has 0 spiro atoms. The van der Waals surface area contributed by atoms with Crippen molar-refractivity contribution in [3.63, 3.8) is 0 Å². The van der Waals surface area contributed by atoms with Crippen molar-refractivity contribution < 1.29 is 13.2 Å². The van der Waals surface area contributed by atoms with Crippen LogP contribution in [0.2, 0.25) is 0 Å². The van der Waals surface area contributed by atoms with Crippen LogP contribution in [-0.2, 0) is 21.1 Å². The Hall–Kier alpha value is -1.40. The molecule has 1 saturated heterocycles. The van der Waals surface area contributed by atoms with Crippen LogP contribution in [0.5, 0.6) is 0 Å². The highest BCUT2D eigenvalue weighted by molar-refractivity contribution is 7.90. The first kappa shape index (κ1) is 17.9. The van der Waals surface area contributed by atoms with E-state index in [0.717, 1.165) is 37.9 Å². The average molecular weight is 338 g/mol. The second kappa shape index (κ2) is 7.45. The van der Waals surface area contributed by atoms with Gasteiger partial charge in [0.05, 0.1) is 11.3 Å². The van der Waals surface area contributed by atoms with Crippen molar-refractivity contribution in [2.24, 2.45) is 0 Å². The number of hydrogen-bond acceptors (Lipinski definition) is 4. The summed E-state index contributed by atoms with van der Waals surface area (Å²) in [5.41, 5.74) is 0.855. The molecule has 0 radical (unpaired) electrons. The van der Waals surface area contributed by atoms with E-state index in [1.165, 1.54) is 6.26 Å². The number of nitrogens with zero attached hydrogens (tertiary/aromatic N) is 2. The largest absolute Gasteiger partial charge is 0.341 e. The first-order valence-electron chi connectivity index (χ1n) is 8.00. The zero-order valence-corrected chi connectivity index (χ0v) is 15.0. The third-order valence-corrected chi connectivity index (χ3v) is 5.56. The van der Waals surface area contributed by atoms with E-state index in [-0.39, 0.29) is 10.8 Å². The SMILES string of the molecule is CN(C)C1CCCCN(C(=O)Cc2ccc(S(C)(=O)=O)cc2)C1. The third kappa shape index (κ3) is 5.04. The van der Waals surface area contributed by atoms with Crippen LogP contribution >= 0.6 is 0 Å².